The van der Waals surface area contributed by atoms with E-state index in [4.69, 9.17) is 0 Å². The van der Waals surface area contributed by atoms with E-state index in [1.807, 2.05) is 6.07 Å². The van der Waals surface area contributed by atoms with Crippen molar-refractivity contribution in [3.05, 3.63) is 100 Å². The Labute approximate surface area is 236 Å². The highest BCUT2D eigenvalue weighted by atomic mass is 32.2. The number of carbonyl (C=O) groups excluding carboxylic acids is 1. The van der Waals surface area contributed by atoms with Crippen molar-refractivity contribution in [2.75, 3.05) is 13.1 Å². The van der Waals surface area contributed by atoms with Crippen molar-refractivity contribution in [2.24, 2.45) is 0 Å². The van der Waals surface area contributed by atoms with E-state index >= 15 is 0 Å². The maximum atomic E-state index is 13.6. The second kappa shape index (κ2) is 11.9. The lowest BCUT2D eigenvalue weighted by Gasteiger charge is -2.32. The van der Waals surface area contributed by atoms with Crippen LogP contribution >= 0.6 is 0 Å². The molecule has 1 aliphatic carbocycles. The number of fused-ring (bicyclic) bond motifs is 1. The van der Waals surface area contributed by atoms with Gasteiger partial charge in [0.1, 0.15) is 5.82 Å². The van der Waals surface area contributed by atoms with Gasteiger partial charge in [-0.2, -0.15) is 13.2 Å². The molecule has 1 heterocycles. The third kappa shape index (κ3) is 7.14. The highest BCUT2D eigenvalue weighted by Crippen LogP contribution is 2.33. The summed E-state index contributed by atoms with van der Waals surface area (Å²) in [5.74, 6) is -0.987. The third-order valence-electron chi connectivity index (χ3n) is 7.64. The van der Waals surface area contributed by atoms with Crippen LogP contribution in [0.25, 0.3) is 0 Å². The first-order valence-corrected chi connectivity index (χ1v) is 15.0. The molecule has 0 spiro atoms. The summed E-state index contributed by atoms with van der Waals surface area (Å²) in [6.45, 7) is 3.10. The first-order chi connectivity index (χ1) is 19.5. The Kier molecular flexibility index (Phi) is 8.49. The Bertz CT molecular complexity index is 1510. The van der Waals surface area contributed by atoms with Crippen molar-refractivity contribution in [3.63, 3.8) is 0 Å². The highest BCUT2D eigenvalue weighted by Gasteiger charge is 2.33. The number of hydrogen-bond acceptors (Lipinski definition) is 4. The van der Waals surface area contributed by atoms with Gasteiger partial charge in [-0.1, -0.05) is 36.4 Å². The molecule has 0 bridgehead atoms. The van der Waals surface area contributed by atoms with E-state index in [2.05, 4.69) is 27.1 Å². The van der Waals surface area contributed by atoms with Gasteiger partial charge in [-0.15, -0.1) is 0 Å². The molecule has 1 amide bonds. The average Bonchev–Trinajstić information content (AvgIpc) is 2.90. The van der Waals surface area contributed by atoms with Crippen LogP contribution in [0.2, 0.25) is 0 Å². The quantitative estimate of drug-likeness (QED) is 0.316. The standard InChI is InChI=1S/C30H31F4N3O3S/c31-24-11-9-21(10-12-24)28(36-41(39,40)25-6-2-5-23(17-25)30(32,33)34)18-29(38)35-27-7-1-4-22-16-20(8-13-26(22)27)19-37-14-3-15-37/h2,5-6,8-13,16-17,27-28,36H,1,3-4,7,14-15,18-19H2,(H,35,38). The number of amides is 1. The normalized spacial score (nSPS) is 18.3. The molecular formula is C30H31F4N3O3S. The topological polar surface area (TPSA) is 78.5 Å². The molecule has 0 radical (unpaired) electrons. The Morgan fingerprint density at radius 3 is 2.44 bits per heavy atom. The molecule has 1 saturated heterocycles. The maximum Gasteiger partial charge on any atom is 0.416 e. The van der Waals surface area contributed by atoms with Gasteiger partial charge in [0.2, 0.25) is 15.9 Å². The van der Waals surface area contributed by atoms with Gasteiger partial charge in [0.05, 0.1) is 22.5 Å². The van der Waals surface area contributed by atoms with Gasteiger partial charge in [-0.25, -0.2) is 17.5 Å². The van der Waals surface area contributed by atoms with Crippen LogP contribution in [-0.2, 0) is 34.0 Å². The minimum Gasteiger partial charge on any atom is -0.349 e. The van der Waals surface area contributed by atoms with Crippen molar-refractivity contribution >= 4 is 15.9 Å². The molecule has 6 nitrogen and oxygen atoms in total. The fourth-order valence-corrected chi connectivity index (χ4v) is 6.64. The lowest BCUT2D eigenvalue weighted by Crippen LogP contribution is -2.37. The number of aryl methyl sites for hydroxylation is 1. The molecule has 1 fully saturated rings. The Morgan fingerprint density at radius 2 is 1.76 bits per heavy atom. The molecular weight excluding hydrogens is 558 g/mol. The first kappa shape index (κ1) is 29.2. The smallest absolute Gasteiger partial charge is 0.349 e. The van der Waals surface area contributed by atoms with E-state index in [0.717, 1.165) is 74.8 Å². The molecule has 0 saturated carbocycles. The van der Waals surface area contributed by atoms with Crippen molar-refractivity contribution in [1.82, 2.24) is 14.9 Å². The number of nitrogens with one attached hydrogen (secondary N) is 2. The summed E-state index contributed by atoms with van der Waals surface area (Å²) in [5, 5.41) is 3.02. The predicted octanol–water partition coefficient (Wildman–Crippen LogP) is 5.65. The minimum atomic E-state index is -4.73. The molecule has 2 N–H and O–H groups in total. The Hall–Kier alpha value is -3.28. The zero-order valence-corrected chi connectivity index (χ0v) is 23.1. The van der Waals surface area contributed by atoms with Gasteiger partial charge in [-0.05, 0) is 91.4 Å². The van der Waals surface area contributed by atoms with Gasteiger partial charge in [-0.3, -0.25) is 9.69 Å². The number of hydrogen-bond donors (Lipinski definition) is 2. The van der Waals surface area contributed by atoms with E-state index in [1.54, 1.807) is 0 Å². The number of likely N-dealkylation sites (tertiary alicyclic amines) is 1. The van der Waals surface area contributed by atoms with Crippen LogP contribution in [-0.4, -0.2) is 32.3 Å². The molecule has 3 aromatic carbocycles. The third-order valence-corrected chi connectivity index (χ3v) is 9.11. The molecule has 11 heteroatoms. The number of rotatable bonds is 9. The van der Waals surface area contributed by atoms with Crippen LogP contribution < -0.4 is 10.0 Å². The summed E-state index contributed by atoms with van der Waals surface area (Å²) in [6.07, 6.45) is -1.33. The summed E-state index contributed by atoms with van der Waals surface area (Å²) >= 11 is 0. The van der Waals surface area contributed by atoms with E-state index < -0.39 is 44.4 Å². The number of nitrogens with zero attached hydrogens (tertiary/aromatic N) is 1. The second-order valence-electron chi connectivity index (χ2n) is 10.6. The molecule has 2 atom stereocenters. The lowest BCUT2D eigenvalue weighted by molar-refractivity contribution is -0.137. The Balaban J connectivity index is 1.33. The molecule has 218 valence electrons. The van der Waals surface area contributed by atoms with Crippen LogP contribution in [0.1, 0.15) is 65.6 Å². The average molecular weight is 590 g/mol. The van der Waals surface area contributed by atoms with E-state index in [0.29, 0.717) is 11.6 Å². The van der Waals surface area contributed by atoms with Crippen molar-refractivity contribution in [3.8, 4) is 0 Å². The van der Waals surface area contributed by atoms with Crippen LogP contribution in [0.4, 0.5) is 17.6 Å². The van der Waals surface area contributed by atoms with Crippen molar-refractivity contribution in [1.29, 1.82) is 0 Å². The second-order valence-corrected chi connectivity index (χ2v) is 12.3. The molecule has 1 aliphatic heterocycles. The largest absolute Gasteiger partial charge is 0.416 e. The summed E-state index contributed by atoms with van der Waals surface area (Å²) in [4.78, 5) is 15.1. The molecule has 2 unspecified atom stereocenters. The number of alkyl halides is 3. The van der Waals surface area contributed by atoms with E-state index in [-0.39, 0.29) is 12.5 Å². The monoisotopic (exact) mass is 589 g/mol. The van der Waals surface area contributed by atoms with Gasteiger partial charge in [0, 0.05) is 13.0 Å². The van der Waals surface area contributed by atoms with Crippen LogP contribution in [0.15, 0.2) is 71.6 Å². The zero-order chi connectivity index (χ0) is 29.2. The number of halogens is 4. The highest BCUT2D eigenvalue weighted by molar-refractivity contribution is 7.89. The fourth-order valence-electron chi connectivity index (χ4n) is 5.37. The number of carbonyl (C=O) groups is 1. The van der Waals surface area contributed by atoms with Gasteiger partial charge in [0.15, 0.2) is 0 Å². The van der Waals surface area contributed by atoms with Crippen molar-refractivity contribution < 1.29 is 30.8 Å². The first-order valence-electron chi connectivity index (χ1n) is 13.6. The SMILES string of the molecule is O=C(CC(NS(=O)(=O)c1cccc(C(F)(F)F)c1)c1ccc(F)cc1)NC1CCCc2cc(CN3CCC3)ccc21. The van der Waals surface area contributed by atoms with Gasteiger partial charge < -0.3 is 5.32 Å². The zero-order valence-electron chi connectivity index (χ0n) is 22.3. The summed E-state index contributed by atoms with van der Waals surface area (Å²) < 4.78 is 81.9. The van der Waals surface area contributed by atoms with E-state index in [1.165, 1.54) is 29.7 Å². The summed E-state index contributed by atoms with van der Waals surface area (Å²) in [6, 6.07) is 13.2. The maximum absolute atomic E-state index is 13.6. The number of benzene rings is 3. The number of sulfonamides is 1. The van der Waals surface area contributed by atoms with Crippen LogP contribution in [0, 0.1) is 5.82 Å². The molecule has 2 aliphatic rings. The van der Waals surface area contributed by atoms with Gasteiger partial charge in [0.25, 0.3) is 0 Å². The summed E-state index contributed by atoms with van der Waals surface area (Å²) in [5.41, 5.74) is 2.63. The molecule has 3 aromatic rings. The molecule has 5 rings (SSSR count). The van der Waals surface area contributed by atoms with Gasteiger partial charge >= 0.3 is 6.18 Å². The predicted molar refractivity (Wildman–Crippen MR) is 146 cm³/mol. The summed E-state index contributed by atoms with van der Waals surface area (Å²) in [7, 11) is -4.47. The fraction of sp³-hybridized carbons (Fsp3) is 0.367. The van der Waals surface area contributed by atoms with E-state index in [9.17, 15) is 30.8 Å². The van der Waals surface area contributed by atoms with Crippen molar-refractivity contribution in [2.45, 2.75) is 61.8 Å². The van der Waals surface area contributed by atoms with Crippen LogP contribution in [0.3, 0.4) is 0 Å². The molecule has 0 aromatic heterocycles. The molecule has 41 heavy (non-hydrogen) atoms. The Morgan fingerprint density at radius 1 is 1.00 bits per heavy atom. The lowest BCUT2D eigenvalue weighted by atomic mass is 9.86. The minimum absolute atomic E-state index is 0.252. The van der Waals surface area contributed by atoms with Crippen LogP contribution in [0.5, 0.6) is 0 Å².